The molecule has 1 spiro atoms. The molecule has 0 radical (unpaired) electrons. The van der Waals surface area contributed by atoms with E-state index in [1.54, 1.807) is 0 Å². The number of amides is 2. The van der Waals surface area contributed by atoms with Crippen molar-refractivity contribution in [2.75, 3.05) is 24.5 Å². The van der Waals surface area contributed by atoms with Crippen LogP contribution in [-0.4, -0.2) is 30.6 Å². The third kappa shape index (κ3) is 2.61. The lowest BCUT2D eigenvalue weighted by molar-refractivity contribution is 0.126. The molecule has 1 saturated heterocycles. The molecule has 2 aromatic carbocycles. The third-order valence-electron chi connectivity index (χ3n) is 6.69. The molecule has 5 rings (SSSR count). The molecule has 3 heteroatoms. The SMILES string of the molecule is O=C(N1CCC2(CC1)Cc1ccccc1C2)N1CCCc2ccccc21. The number of benzene rings is 2. The number of urea groups is 1. The Labute approximate surface area is 155 Å². The number of carbonyl (C=O) groups excluding carboxylic acids is 1. The zero-order valence-electron chi connectivity index (χ0n) is 15.3. The molecule has 0 aromatic heterocycles. The number of hydrogen-bond donors (Lipinski definition) is 0. The van der Waals surface area contributed by atoms with Crippen molar-refractivity contribution in [2.45, 2.75) is 38.5 Å². The number of rotatable bonds is 0. The van der Waals surface area contributed by atoms with Crippen LogP contribution in [0.1, 0.15) is 36.0 Å². The third-order valence-corrected chi connectivity index (χ3v) is 6.69. The highest BCUT2D eigenvalue weighted by molar-refractivity contribution is 5.93. The molecule has 0 unspecified atom stereocenters. The standard InChI is InChI=1S/C23H26N2O/c26-22(25-13-5-9-18-6-3-4-10-21(18)25)24-14-11-23(12-15-24)16-19-7-1-2-8-20(19)17-23/h1-4,6-8,10H,5,9,11-17H2. The van der Waals surface area contributed by atoms with E-state index in [-0.39, 0.29) is 6.03 Å². The van der Waals surface area contributed by atoms with Gasteiger partial charge < -0.3 is 4.90 Å². The van der Waals surface area contributed by atoms with Gasteiger partial charge in [0.1, 0.15) is 0 Å². The molecular formula is C23H26N2O. The Kier molecular flexibility index (Phi) is 3.77. The fourth-order valence-electron chi connectivity index (χ4n) is 5.20. The second-order valence-electron chi connectivity index (χ2n) is 8.28. The zero-order chi connectivity index (χ0) is 17.6. The van der Waals surface area contributed by atoms with Gasteiger partial charge in [-0.1, -0.05) is 42.5 Å². The first-order valence-electron chi connectivity index (χ1n) is 9.95. The summed E-state index contributed by atoms with van der Waals surface area (Å²) in [7, 11) is 0. The van der Waals surface area contributed by atoms with E-state index in [1.807, 2.05) is 11.0 Å². The van der Waals surface area contributed by atoms with Crippen molar-refractivity contribution in [2.24, 2.45) is 5.41 Å². The lowest BCUT2D eigenvalue weighted by Gasteiger charge is -2.42. The number of anilines is 1. The van der Waals surface area contributed by atoms with Gasteiger partial charge in [-0.05, 0) is 66.7 Å². The second kappa shape index (κ2) is 6.15. The van der Waals surface area contributed by atoms with Crippen LogP contribution in [0.4, 0.5) is 10.5 Å². The summed E-state index contributed by atoms with van der Waals surface area (Å²) in [5.41, 5.74) is 5.87. The quantitative estimate of drug-likeness (QED) is 0.692. The monoisotopic (exact) mass is 346 g/mol. The largest absolute Gasteiger partial charge is 0.324 e. The maximum atomic E-state index is 13.2. The van der Waals surface area contributed by atoms with E-state index in [0.29, 0.717) is 5.41 Å². The van der Waals surface area contributed by atoms with E-state index in [4.69, 9.17) is 0 Å². The van der Waals surface area contributed by atoms with Crippen molar-refractivity contribution in [3.8, 4) is 0 Å². The number of para-hydroxylation sites is 1. The van der Waals surface area contributed by atoms with E-state index < -0.39 is 0 Å². The summed E-state index contributed by atoms with van der Waals surface area (Å²) < 4.78 is 0. The molecule has 1 fully saturated rings. The normalized spacial score (nSPS) is 20.8. The second-order valence-corrected chi connectivity index (χ2v) is 8.28. The Morgan fingerprint density at radius 2 is 1.42 bits per heavy atom. The van der Waals surface area contributed by atoms with Crippen LogP contribution < -0.4 is 4.90 Å². The van der Waals surface area contributed by atoms with E-state index in [1.165, 1.54) is 29.5 Å². The Morgan fingerprint density at radius 1 is 0.808 bits per heavy atom. The van der Waals surface area contributed by atoms with Crippen LogP contribution in [0.3, 0.4) is 0 Å². The minimum absolute atomic E-state index is 0.211. The van der Waals surface area contributed by atoms with Gasteiger partial charge in [-0.2, -0.15) is 0 Å². The molecule has 1 aliphatic carbocycles. The van der Waals surface area contributed by atoms with Gasteiger partial charge in [0.2, 0.25) is 0 Å². The van der Waals surface area contributed by atoms with Crippen LogP contribution in [0.2, 0.25) is 0 Å². The Bertz CT molecular complexity index is 809. The van der Waals surface area contributed by atoms with Crippen molar-refractivity contribution in [3.05, 3.63) is 65.2 Å². The van der Waals surface area contributed by atoms with Gasteiger partial charge in [-0.15, -0.1) is 0 Å². The van der Waals surface area contributed by atoms with Gasteiger partial charge >= 0.3 is 6.03 Å². The highest BCUT2D eigenvalue weighted by Crippen LogP contribution is 2.44. The number of piperidine rings is 1. The van der Waals surface area contributed by atoms with Gasteiger partial charge in [0.15, 0.2) is 0 Å². The molecule has 26 heavy (non-hydrogen) atoms. The maximum absolute atomic E-state index is 13.2. The van der Waals surface area contributed by atoms with Crippen molar-refractivity contribution >= 4 is 11.7 Å². The minimum atomic E-state index is 0.211. The Hall–Kier alpha value is -2.29. The number of nitrogens with zero attached hydrogens (tertiary/aromatic N) is 2. The van der Waals surface area contributed by atoms with E-state index in [0.717, 1.165) is 51.0 Å². The van der Waals surface area contributed by atoms with E-state index in [9.17, 15) is 4.79 Å². The molecule has 0 N–H and O–H groups in total. The zero-order valence-corrected chi connectivity index (χ0v) is 15.3. The van der Waals surface area contributed by atoms with E-state index in [2.05, 4.69) is 47.4 Å². The highest BCUT2D eigenvalue weighted by Gasteiger charge is 2.41. The number of aryl methyl sites for hydroxylation is 1. The molecule has 2 amide bonds. The molecule has 2 aliphatic heterocycles. The van der Waals surface area contributed by atoms with Crippen LogP contribution in [0, 0.1) is 5.41 Å². The molecule has 3 aliphatic rings. The number of fused-ring (bicyclic) bond motifs is 2. The van der Waals surface area contributed by atoms with Gasteiger partial charge in [0, 0.05) is 25.3 Å². The van der Waals surface area contributed by atoms with Crippen molar-refractivity contribution < 1.29 is 4.79 Å². The van der Waals surface area contributed by atoms with Crippen LogP contribution in [0.5, 0.6) is 0 Å². The number of likely N-dealkylation sites (tertiary alicyclic amines) is 1. The lowest BCUT2D eigenvalue weighted by atomic mass is 9.76. The Balaban J connectivity index is 1.29. The average Bonchev–Trinajstić information content (AvgIpc) is 3.05. The highest BCUT2D eigenvalue weighted by atomic mass is 16.2. The smallest absolute Gasteiger partial charge is 0.324 e. The van der Waals surface area contributed by atoms with Crippen molar-refractivity contribution in [3.63, 3.8) is 0 Å². The summed E-state index contributed by atoms with van der Waals surface area (Å²) in [6, 6.07) is 17.5. The predicted octanol–water partition coefficient (Wildman–Crippen LogP) is 4.44. The van der Waals surface area contributed by atoms with Crippen LogP contribution in [-0.2, 0) is 19.3 Å². The average molecular weight is 346 g/mol. The summed E-state index contributed by atoms with van der Waals surface area (Å²) in [4.78, 5) is 17.3. The van der Waals surface area contributed by atoms with Gasteiger partial charge in [-0.25, -0.2) is 4.79 Å². The predicted molar refractivity (Wildman–Crippen MR) is 105 cm³/mol. The first-order chi connectivity index (χ1) is 12.7. The fraction of sp³-hybridized carbons (Fsp3) is 0.435. The van der Waals surface area contributed by atoms with Crippen LogP contribution in [0.25, 0.3) is 0 Å². The summed E-state index contributed by atoms with van der Waals surface area (Å²) in [5.74, 6) is 0. The molecular weight excluding hydrogens is 320 g/mol. The topological polar surface area (TPSA) is 23.6 Å². The molecule has 0 saturated carbocycles. The lowest BCUT2D eigenvalue weighted by Crippen LogP contribution is -2.50. The number of hydrogen-bond acceptors (Lipinski definition) is 1. The molecule has 3 nitrogen and oxygen atoms in total. The molecule has 0 atom stereocenters. The molecule has 2 aromatic rings. The van der Waals surface area contributed by atoms with Gasteiger partial charge in [0.05, 0.1) is 0 Å². The van der Waals surface area contributed by atoms with Gasteiger partial charge in [0.25, 0.3) is 0 Å². The van der Waals surface area contributed by atoms with Crippen molar-refractivity contribution in [1.82, 2.24) is 4.90 Å². The van der Waals surface area contributed by atoms with Crippen LogP contribution in [0.15, 0.2) is 48.5 Å². The summed E-state index contributed by atoms with van der Waals surface area (Å²) in [6.45, 7) is 2.64. The maximum Gasteiger partial charge on any atom is 0.324 e. The molecule has 0 bridgehead atoms. The summed E-state index contributed by atoms with van der Waals surface area (Å²) in [6.07, 6.45) is 6.79. The fourth-order valence-corrected chi connectivity index (χ4v) is 5.20. The molecule has 2 heterocycles. The number of carbonyl (C=O) groups is 1. The Morgan fingerprint density at radius 3 is 2.12 bits per heavy atom. The first kappa shape index (κ1) is 15.9. The summed E-state index contributed by atoms with van der Waals surface area (Å²) in [5, 5.41) is 0. The first-order valence-corrected chi connectivity index (χ1v) is 9.95. The summed E-state index contributed by atoms with van der Waals surface area (Å²) >= 11 is 0. The minimum Gasteiger partial charge on any atom is -0.324 e. The van der Waals surface area contributed by atoms with E-state index >= 15 is 0 Å². The van der Waals surface area contributed by atoms with Crippen molar-refractivity contribution in [1.29, 1.82) is 0 Å². The van der Waals surface area contributed by atoms with Crippen LogP contribution >= 0.6 is 0 Å². The molecule has 134 valence electrons. The van der Waals surface area contributed by atoms with Gasteiger partial charge in [-0.3, -0.25) is 4.90 Å².